The standard InChI is InChI=1S/C22H19BClN4O3/c1-23-12-2-5-17-15(8-12)18-19(31-17)22(30)28-20(27-18)14-4-3-13(9-16(14)24)26-21(29)11-6-7-25-10-11/h2-5,8-9,11,25H,6-7,10H2,1H3,(H,26,29)(H,27,28,30). The normalized spacial score (nSPS) is 16.1. The minimum atomic E-state index is -0.375. The van der Waals surface area contributed by atoms with Crippen molar-refractivity contribution >= 4 is 58.0 Å². The molecule has 1 aliphatic rings. The lowest BCUT2D eigenvalue weighted by Gasteiger charge is -2.11. The summed E-state index contributed by atoms with van der Waals surface area (Å²) in [5.41, 5.74) is 3.06. The lowest BCUT2D eigenvalue weighted by Crippen LogP contribution is -2.24. The van der Waals surface area contributed by atoms with E-state index in [1.54, 1.807) is 18.2 Å². The second-order valence-corrected chi connectivity index (χ2v) is 8.02. The van der Waals surface area contributed by atoms with Gasteiger partial charge in [0.05, 0.1) is 10.9 Å². The maximum absolute atomic E-state index is 12.7. The number of furan rings is 1. The lowest BCUT2D eigenvalue weighted by molar-refractivity contribution is -0.119. The van der Waals surface area contributed by atoms with Gasteiger partial charge in [-0.25, -0.2) is 4.98 Å². The number of carbonyl (C=O) groups excluding carboxylic acids is 1. The van der Waals surface area contributed by atoms with E-state index in [0.717, 1.165) is 23.8 Å². The summed E-state index contributed by atoms with van der Waals surface area (Å²) in [5, 5.41) is 7.22. The molecule has 9 heteroatoms. The molecule has 3 heterocycles. The van der Waals surface area contributed by atoms with Gasteiger partial charge in [-0.1, -0.05) is 36.0 Å². The van der Waals surface area contributed by atoms with Crippen LogP contribution in [0.5, 0.6) is 0 Å². The number of H-pyrrole nitrogens is 1. The van der Waals surface area contributed by atoms with Crippen LogP contribution in [0.4, 0.5) is 5.69 Å². The summed E-state index contributed by atoms with van der Waals surface area (Å²) < 4.78 is 5.71. The molecular formula is C22H19BClN4O3. The first-order chi connectivity index (χ1) is 15.0. The highest BCUT2D eigenvalue weighted by Gasteiger charge is 2.23. The minimum Gasteiger partial charge on any atom is -0.449 e. The number of aromatic nitrogens is 2. The second-order valence-electron chi connectivity index (χ2n) is 7.61. The number of amides is 1. The molecule has 1 fully saturated rings. The van der Waals surface area contributed by atoms with Gasteiger partial charge < -0.3 is 20.0 Å². The van der Waals surface area contributed by atoms with E-state index in [2.05, 4.69) is 20.6 Å². The van der Waals surface area contributed by atoms with Gasteiger partial charge in [0.2, 0.25) is 11.5 Å². The molecule has 1 radical (unpaired) electrons. The van der Waals surface area contributed by atoms with Gasteiger partial charge in [0.15, 0.2) is 0 Å². The van der Waals surface area contributed by atoms with Crippen molar-refractivity contribution in [3.8, 4) is 11.4 Å². The molecule has 155 valence electrons. The molecule has 0 spiro atoms. The number of carbonyl (C=O) groups is 1. The smallest absolute Gasteiger partial charge is 0.294 e. The summed E-state index contributed by atoms with van der Waals surface area (Å²) in [4.78, 5) is 32.4. The maximum Gasteiger partial charge on any atom is 0.294 e. The van der Waals surface area contributed by atoms with Crippen LogP contribution in [-0.4, -0.2) is 36.2 Å². The van der Waals surface area contributed by atoms with Crippen LogP contribution in [0, 0.1) is 5.92 Å². The molecular weight excluding hydrogens is 415 g/mol. The Labute approximate surface area is 183 Å². The van der Waals surface area contributed by atoms with Gasteiger partial charge >= 0.3 is 0 Å². The maximum atomic E-state index is 12.7. The molecule has 4 aromatic rings. The van der Waals surface area contributed by atoms with Gasteiger partial charge in [-0.15, -0.1) is 0 Å². The van der Waals surface area contributed by atoms with Crippen LogP contribution in [0.1, 0.15) is 6.42 Å². The molecule has 3 N–H and O–H groups in total. The van der Waals surface area contributed by atoms with E-state index in [-0.39, 0.29) is 23.0 Å². The average molecular weight is 434 g/mol. The summed E-state index contributed by atoms with van der Waals surface area (Å²) in [7, 11) is 1.97. The highest BCUT2D eigenvalue weighted by molar-refractivity contribution is 6.52. The molecule has 31 heavy (non-hydrogen) atoms. The van der Waals surface area contributed by atoms with E-state index < -0.39 is 0 Å². The second kappa shape index (κ2) is 7.87. The SMILES string of the molecule is C[B]c1ccc2oc3c(=O)[nH]c(-c4ccc(NC(=O)C5CCNC5)cc4Cl)nc3c2c1. The highest BCUT2D eigenvalue weighted by Crippen LogP contribution is 2.31. The number of nitrogens with one attached hydrogen (secondary N) is 3. The third-order valence-electron chi connectivity index (χ3n) is 5.60. The molecule has 1 atom stereocenters. The number of anilines is 1. The lowest BCUT2D eigenvalue weighted by atomic mass is 9.73. The number of aromatic amines is 1. The number of hydrogen-bond acceptors (Lipinski definition) is 5. The van der Waals surface area contributed by atoms with Crippen LogP contribution in [-0.2, 0) is 4.79 Å². The zero-order valence-electron chi connectivity index (χ0n) is 16.8. The number of benzene rings is 2. The van der Waals surface area contributed by atoms with Crippen LogP contribution in [0.2, 0.25) is 11.8 Å². The topological polar surface area (TPSA) is 100 Å². The number of nitrogens with zero attached hydrogens (tertiary/aromatic N) is 1. The molecule has 0 bridgehead atoms. The quantitative estimate of drug-likeness (QED) is 0.430. The van der Waals surface area contributed by atoms with Crippen molar-refractivity contribution in [1.29, 1.82) is 0 Å². The zero-order chi connectivity index (χ0) is 21.5. The summed E-state index contributed by atoms with van der Waals surface area (Å²) in [6.45, 7) is 3.47. The van der Waals surface area contributed by atoms with Crippen molar-refractivity contribution in [2.45, 2.75) is 13.2 Å². The summed E-state index contributed by atoms with van der Waals surface area (Å²) in [5.74, 6) is 0.266. The molecule has 1 saturated heterocycles. The molecule has 0 aliphatic carbocycles. The predicted molar refractivity (Wildman–Crippen MR) is 123 cm³/mol. The Morgan fingerprint density at radius 2 is 2.16 bits per heavy atom. The number of rotatable bonds is 4. The molecule has 5 rings (SSSR count). The van der Waals surface area contributed by atoms with Gasteiger partial charge in [-0.3, -0.25) is 9.59 Å². The Balaban J connectivity index is 1.53. The van der Waals surface area contributed by atoms with Gasteiger partial charge in [-0.05, 0) is 37.2 Å². The van der Waals surface area contributed by atoms with Crippen LogP contribution in [0.15, 0.2) is 45.6 Å². The van der Waals surface area contributed by atoms with E-state index in [0.29, 0.717) is 39.7 Å². The summed E-state index contributed by atoms with van der Waals surface area (Å²) in [6.07, 6.45) is 0.818. The largest absolute Gasteiger partial charge is 0.449 e. The Kier molecular flexibility index (Phi) is 5.04. The first-order valence-electron chi connectivity index (χ1n) is 10.1. The van der Waals surface area contributed by atoms with Crippen molar-refractivity contribution in [1.82, 2.24) is 15.3 Å². The van der Waals surface area contributed by atoms with Crippen LogP contribution < -0.4 is 21.7 Å². The van der Waals surface area contributed by atoms with Crippen molar-refractivity contribution in [2.75, 3.05) is 18.4 Å². The van der Waals surface area contributed by atoms with Crippen molar-refractivity contribution in [2.24, 2.45) is 5.92 Å². The van der Waals surface area contributed by atoms with Crippen molar-refractivity contribution in [3.63, 3.8) is 0 Å². The van der Waals surface area contributed by atoms with Crippen molar-refractivity contribution in [3.05, 3.63) is 51.8 Å². The van der Waals surface area contributed by atoms with Crippen LogP contribution in [0.3, 0.4) is 0 Å². The van der Waals surface area contributed by atoms with Crippen molar-refractivity contribution < 1.29 is 9.21 Å². The molecule has 1 unspecified atom stereocenters. The molecule has 7 nitrogen and oxygen atoms in total. The molecule has 2 aromatic carbocycles. The highest BCUT2D eigenvalue weighted by atomic mass is 35.5. The third-order valence-corrected chi connectivity index (χ3v) is 5.92. The van der Waals surface area contributed by atoms with Gasteiger partial charge in [0, 0.05) is 23.2 Å². The molecule has 2 aromatic heterocycles. The van der Waals surface area contributed by atoms with E-state index in [1.165, 1.54) is 0 Å². The summed E-state index contributed by atoms with van der Waals surface area (Å²) in [6, 6.07) is 10.8. The fourth-order valence-electron chi connectivity index (χ4n) is 3.89. The Morgan fingerprint density at radius 3 is 2.90 bits per heavy atom. The Hall–Kier alpha value is -3.10. The van der Waals surface area contributed by atoms with Gasteiger partial charge in [0.25, 0.3) is 5.56 Å². The molecule has 0 saturated carbocycles. The predicted octanol–water partition coefficient (Wildman–Crippen LogP) is 2.92. The minimum absolute atomic E-state index is 0.0323. The number of hydrogen-bond donors (Lipinski definition) is 3. The van der Waals surface area contributed by atoms with E-state index in [9.17, 15) is 9.59 Å². The van der Waals surface area contributed by atoms with E-state index in [4.69, 9.17) is 16.0 Å². The first-order valence-corrected chi connectivity index (χ1v) is 10.5. The fourth-order valence-corrected chi connectivity index (χ4v) is 4.16. The zero-order valence-corrected chi connectivity index (χ0v) is 17.5. The van der Waals surface area contributed by atoms with Crippen LogP contribution in [0.25, 0.3) is 33.5 Å². The number of fused-ring (bicyclic) bond motifs is 3. The third kappa shape index (κ3) is 3.62. The molecule has 1 amide bonds. The first kappa shape index (κ1) is 19.8. The average Bonchev–Trinajstić information content (AvgIpc) is 3.42. The summed E-state index contributed by atoms with van der Waals surface area (Å²) >= 11 is 6.50. The fraction of sp³-hybridized carbons (Fsp3) is 0.227. The van der Waals surface area contributed by atoms with Crippen LogP contribution >= 0.6 is 11.6 Å². The van der Waals surface area contributed by atoms with Gasteiger partial charge in [-0.2, -0.15) is 0 Å². The van der Waals surface area contributed by atoms with E-state index in [1.807, 2.05) is 32.3 Å². The number of halogens is 1. The van der Waals surface area contributed by atoms with E-state index >= 15 is 0 Å². The van der Waals surface area contributed by atoms with Gasteiger partial charge in [0.1, 0.15) is 24.2 Å². The Morgan fingerprint density at radius 1 is 1.29 bits per heavy atom. The monoisotopic (exact) mass is 433 g/mol. The molecule has 1 aliphatic heterocycles. The Bertz CT molecular complexity index is 1370.